The van der Waals surface area contributed by atoms with Crippen molar-refractivity contribution in [1.29, 1.82) is 0 Å². The van der Waals surface area contributed by atoms with Gasteiger partial charge in [-0.25, -0.2) is 0 Å². The van der Waals surface area contributed by atoms with Crippen molar-refractivity contribution in [2.75, 3.05) is 19.8 Å². The third-order valence-corrected chi connectivity index (χ3v) is 4.12. The lowest BCUT2D eigenvalue weighted by Crippen LogP contribution is -2.46. The van der Waals surface area contributed by atoms with Gasteiger partial charge in [-0.05, 0) is 19.8 Å². The molecule has 1 unspecified atom stereocenters. The normalized spacial score (nSPS) is 27.2. The number of hydrogen-bond donors (Lipinski definition) is 0. The summed E-state index contributed by atoms with van der Waals surface area (Å²) in [6.07, 6.45) is 6.16. The molecule has 1 amide bonds. The van der Waals surface area contributed by atoms with Crippen LogP contribution in [-0.4, -0.2) is 40.5 Å². The lowest BCUT2D eigenvalue weighted by atomic mass is 9.79. The van der Waals surface area contributed by atoms with E-state index in [1.807, 2.05) is 11.8 Å². The molecule has 0 aliphatic carbocycles. The van der Waals surface area contributed by atoms with E-state index in [0.29, 0.717) is 13.0 Å². The van der Waals surface area contributed by atoms with E-state index in [1.54, 1.807) is 12.4 Å². The molecular weight excluding hydrogens is 242 g/mol. The van der Waals surface area contributed by atoms with Crippen LogP contribution in [0.4, 0.5) is 0 Å². The summed E-state index contributed by atoms with van der Waals surface area (Å²) in [5, 5.41) is 0. The van der Waals surface area contributed by atoms with E-state index < -0.39 is 0 Å². The minimum Gasteiger partial charge on any atom is -0.381 e. The van der Waals surface area contributed by atoms with Gasteiger partial charge in [0.1, 0.15) is 0 Å². The zero-order chi connectivity index (χ0) is 13.3. The smallest absolute Gasteiger partial charge is 0.222 e. The predicted molar refractivity (Wildman–Crippen MR) is 69.3 cm³/mol. The van der Waals surface area contributed by atoms with Crippen LogP contribution in [-0.2, 0) is 16.1 Å². The number of likely N-dealkylation sites (tertiary alicyclic amines) is 1. The van der Waals surface area contributed by atoms with Crippen LogP contribution in [0.3, 0.4) is 0 Å². The zero-order valence-electron chi connectivity index (χ0n) is 11.3. The molecule has 3 rings (SSSR count). The summed E-state index contributed by atoms with van der Waals surface area (Å²) >= 11 is 0. The first-order valence-corrected chi connectivity index (χ1v) is 6.80. The van der Waals surface area contributed by atoms with E-state index in [4.69, 9.17) is 4.74 Å². The van der Waals surface area contributed by atoms with Gasteiger partial charge < -0.3 is 9.64 Å². The van der Waals surface area contributed by atoms with Gasteiger partial charge in [0.15, 0.2) is 0 Å². The van der Waals surface area contributed by atoms with E-state index in [2.05, 4.69) is 9.97 Å². The highest BCUT2D eigenvalue weighted by molar-refractivity contribution is 5.77. The Balaban J connectivity index is 1.71. The summed E-state index contributed by atoms with van der Waals surface area (Å²) < 4.78 is 5.52. The molecule has 3 heterocycles. The molecule has 2 aliphatic heterocycles. The Bertz CT molecular complexity index is 466. The first kappa shape index (κ1) is 12.5. The molecule has 1 spiro atoms. The average molecular weight is 261 g/mol. The lowest BCUT2D eigenvalue weighted by Gasteiger charge is -2.39. The highest BCUT2D eigenvalue weighted by atomic mass is 16.5. The number of carbonyl (C=O) groups excluding carboxylic acids is 1. The monoisotopic (exact) mass is 261 g/mol. The second kappa shape index (κ2) is 4.89. The van der Waals surface area contributed by atoms with Crippen LogP contribution in [0.1, 0.15) is 30.7 Å². The van der Waals surface area contributed by atoms with E-state index >= 15 is 0 Å². The number of aromatic nitrogens is 2. The molecule has 1 atom stereocenters. The Morgan fingerprint density at radius 2 is 2.26 bits per heavy atom. The quantitative estimate of drug-likeness (QED) is 0.805. The van der Waals surface area contributed by atoms with Crippen LogP contribution >= 0.6 is 0 Å². The van der Waals surface area contributed by atoms with E-state index in [1.165, 1.54) is 0 Å². The van der Waals surface area contributed by atoms with Gasteiger partial charge in [-0.1, -0.05) is 0 Å². The minimum atomic E-state index is 0.187. The van der Waals surface area contributed by atoms with Crippen molar-refractivity contribution in [3.05, 3.63) is 23.8 Å². The maximum atomic E-state index is 12.0. The molecule has 0 bridgehead atoms. The topological polar surface area (TPSA) is 55.3 Å². The summed E-state index contributed by atoms with van der Waals surface area (Å²) in [4.78, 5) is 22.5. The van der Waals surface area contributed by atoms with Gasteiger partial charge in [0.2, 0.25) is 5.91 Å². The van der Waals surface area contributed by atoms with Crippen molar-refractivity contribution < 1.29 is 9.53 Å². The summed E-state index contributed by atoms with van der Waals surface area (Å²) in [6, 6.07) is 0. The number of carbonyl (C=O) groups is 1. The van der Waals surface area contributed by atoms with Crippen molar-refractivity contribution in [2.45, 2.75) is 32.7 Å². The predicted octanol–water partition coefficient (Wildman–Crippen LogP) is 1.31. The number of aryl methyl sites for hydroxylation is 1. The number of amides is 1. The first-order valence-electron chi connectivity index (χ1n) is 6.80. The van der Waals surface area contributed by atoms with E-state index in [9.17, 15) is 4.79 Å². The third kappa shape index (κ3) is 2.61. The standard InChI is InChI=1S/C14H19N3O2/c1-11-6-16-12(7-15-11)8-17-9-14(3-2-13(17)18)4-5-19-10-14/h6-7H,2-5,8-10H2,1H3. The van der Waals surface area contributed by atoms with Gasteiger partial charge in [-0.3, -0.25) is 14.8 Å². The molecule has 19 heavy (non-hydrogen) atoms. The average Bonchev–Trinajstić information content (AvgIpc) is 2.85. The second-order valence-electron chi connectivity index (χ2n) is 5.70. The van der Waals surface area contributed by atoms with E-state index in [0.717, 1.165) is 44.0 Å². The van der Waals surface area contributed by atoms with Gasteiger partial charge in [-0.15, -0.1) is 0 Å². The Labute approximate surface area is 113 Å². The molecule has 102 valence electrons. The van der Waals surface area contributed by atoms with E-state index in [-0.39, 0.29) is 11.3 Å². The van der Waals surface area contributed by atoms with Crippen molar-refractivity contribution in [3.63, 3.8) is 0 Å². The minimum absolute atomic E-state index is 0.187. The molecule has 5 nitrogen and oxygen atoms in total. The second-order valence-corrected chi connectivity index (χ2v) is 5.70. The Morgan fingerprint density at radius 1 is 1.37 bits per heavy atom. The molecule has 0 saturated carbocycles. The Hall–Kier alpha value is -1.49. The summed E-state index contributed by atoms with van der Waals surface area (Å²) in [6.45, 7) is 4.88. The highest BCUT2D eigenvalue weighted by Gasteiger charge is 2.41. The largest absolute Gasteiger partial charge is 0.381 e. The summed E-state index contributed by atoms with van der Waals surface area (Å²) in [7, 11) is 0. The van der Waals surface area contributed by atoms with Crippen LogP contribution in [0, 0.1) is 12.3 Å². The van der Waals surface area contributed by atoms with Gasteiger partial charge in [0.25, 0.3) is 0 Å². The van der Waals surface area contributed by atoms with Crippen LogP contribution in [0.2, 0.25) is 0 Å². The number of ether oxygens (including phenoxy) is 1. The number of hydrogen-bond acceptors (Lipinski definition) is 4. The van der Waals surface area contributed by atoms with Crippen LogP contribution in [0.5, 0.6) is 0 Å². The molecule has 1 aromatic heterocycles. The van der Waals surface area contributed by atoms with Crippen molar-refractivity contribution in [3.8, 4) is 0 Å². The first-order chi connectivity index (χ1) is 9.17. The fourth-order valence-corrected chi connectivity index (χ4v) is 2.91. The van der Waals surface area contributed by atoms with Crippen molar-refractivity contribution >= 4 is 5.91 Å². The summed E-state index contributed by atoms with van der Waals surface area (Å²) in [5.74, 6) is 0.222. The number of rotatable bonds is 2. The SMILES string of the molecule is Cc1cnc(CN2CC3(CCOC3)CCC2=O)cn1. The molecule has 2 fully saturated rings. The van der Waals surface area contributed by atoms with Crippen LogP contribution in [0.15, 0.2) is 12.4 Å². The molecule has 2 aliphatic rings. The lowest BCUT2D eigenvalue weighted by molar-refractivity contribution is -0.138. The van der Waals surface area contributed by atoms with Gasteiger partial charge in [0.05, 0.1) is 30.7 Å². The maximum Gasteiger partial charge on any atom is 0.222 e. The molecule has 5 heteroatoms. The molecule has 1 aromatic rings. The van der Waals surface area contributed by atoms with Crippen molar-refractivity contribution in [1.82, 2.24) is 14.9 Å². The van der Waals surface area contributed by atoms with Gasteiger partial charge in [0, 0.05) is 31.2 Å². The Morgan fingerprint density at radius 3 is 2.95 bits per heavy atom. The molecule has 0 aromatic carbocycles. The zero-order valence-corrected chi connectivity index (χ0v) is 11.3. The number of piperidine rings is 1. The van der Waals surface area contributed by atoms with Gasteiger partial charge >= 0.3 is 0 Å². The molecule has 2 saturated heterocycles. The molecule has 0 radical (unpaired) electrons. The Kier molecular flexibility index (Phi) is 3.22. The van der Waals surface area contributed by atoms with Crippen molar-refractivity contribution in [2.24, 2.45) is 5.41 Å². The molecule has 0 N–H and O–H groups in total. The fourth-order valence-electron chi connectivity index (χ4n) is 2.91. The van der Waals surface area contributed by atoms with Gasteiger partial charge in [-0.2, -0.15) is 0 Å². The van der Waals surface area contributed by atoms with Crippen LogP contribution in [0.25, 0.3) is 0 Å². The highest BCUT2D eigenvalue weighted by Crippen LogP contribution is 2.38. The maximum absolute atomic E-state index is 12.0. The number of nitrogens with zero attached hydrogens (tertiary/aromatic N) is 3. The third-order valence-electron chi connectivity index (χ3n) is 4.12. The fraction of sp³-hybridized carbons (Fsp3) is 0.643. The summed E-state index contributed by atoms with van der Waals surface area (Å²) in [5.41, 5.74) is 1.94. The van der Waals surface area contributed by atoms with Crippen LogP contribution < -0.4 is 0 Å². The molecular formula is C14H19N3O2.